The van der Waals surface area contributed by atoms with Crippen LogP contribution in [0.2, 0.25) is 0 Å². The number of benzene rings is 1. The van der Waals surface area contributed by atoms with Crippen molar-refractivity contribution < 1.29 is 27.9 Å². The van der Waals surface area contributed by atoms with Crippen LogP contribution in [0.25, 0.3) is 0 Å². The lowest BCUT2D eigenvalue weighted by atomic mass is 10.3. The van der Waals surface area contributed by atoms with Crippen LogP contribution in [0.1, 0.15) is 6.92 Å². The van der Waals surface area contributed by atoms with Crippen molar-refractivity contribution in [1.82, 2.24) is 0 Å². The summed E-state index contributed by atoms with van der Waals surface area (Å²) in [6.07, 6.45) is -5.44. The summed E-state index contributed by atoms with van der Waals surface area (Å²) in [4.78, 5) is 0. The predicted octanol–water partition coefficient (Wildman–Crippen LogP) is 2.10. The Kier molecular flexibility index (Phi) is 4.24. The molecule has 0 bridgehead atoms. The highest BCUT2D eigenvalue weighted by molar-refractivity contribution is 5.84. The molecule has 3 N–H and O–H groups in total. The average molecular weight is 264 g/mol. The Morgan fingerprint density at radius 1 is 1.28 bits per heavy atom. The number of hydrogen-bond acceptors (Lipinski definition) is 4. The first-order chi connectivity index (χ1) is 8.31. The molecule has 100 valence electrons. The zero-order chi connectivity index (χ0) is 13.8. The van der Waals surface area contributed by atoms with Gasteiger partial charge >= 0.3 is 6.36 Å². The fourth-order valence-electron chi connectivity index (χ4n) is 1.07. The average Bonchev–Trinajstić information content (AvgIpc) is 2.28. The van der Waals surface area contributed by atoms with E-state index in [-0.39, 0.29) is 17.3 Å². The maximum atomic E-state index is 11.9. The monoisotopic (exact) mass is 264 g/mol. The van der Waals surface area contributed by atoms with Crippen LogP contribution < -0.4 is 15.2 Å². The Hall–Kier alpha value is -2.12. The molecule has 1 aromatic carbocycles. The van der Waals surface area contributed by atoms with Crippen LogP contribution in [0, 0.1) is 0 Å². The van der Waals surface area contributed by atoms with E-state index in [1.165, 1.54) is 19.1 Å². The van der Waals surface area contributed by atoms with Crippen molar-refractivity contribution >= 4 is 5.84 Å². The van der Waals surface area contributed by atoms with Gasteiger partial charge in [-0.1, -0.05) is 5.16 Å². The number of nitrogens with two attached hydrogens (primary N) is 1. The molecule has 0 aromatic heterocycles. The van der Waals surface area contributed by atoms with Crippen LogP contribution in [0.4, 0.5) is 13.2 Å². The molecule has 8 heteroatoms. The molecule has 0 aliphatic heterocycles. The maximum Gasteiger partial charge on any atom is 0.573 e. The SMILES string of the molecule is CC(Oc1ccc(OC(F)(F)F)cc1)/C(N)=N/O. The molecular formula is C10H11F3N2O3. The van der Waals surface area contributed by atoms with Crippen molar-refractivity contribution in [3.05, 3.63) is 24.3 Å². The van der Waals surface area contributed by atoms with E-state index in [1.807, 2.05) is 0 Å². The van der Waals surface area contributed by atoms with Crippen molar-refractivity contribution in [1.29, 1.82) is 0 Å². The Labute approximate surface area is 101 Å². The van der Waals surface area contributed by atoms with Gasteiger partial charge in [-0.2, -0.15) is 0 Å². The van der Waals surface area contributed by atoms with Gasteiger partial charge in [-0.25, -0.2) is 0 Å². The molecular weight excluding hydrogens is 253 g/mol. The van der Waals surface area contributed by atoms with Gasteiger partial charge in [-0.3, -0.25) is 0 Å². The van der Waals surface area contributed by atoms with E-state index in [0.29, 0.717) is 0 Å². The summed E-state index contributed by atoms with van der Waals surface area (Å²) in [5.74, 6) is -0.236. The fourth-order valence-corrected chi connectivity index (χ4v) is 1.07. The smallest absolute Gasteiger partial charge is 0.483 e. The third-order valence-electron chi connectivity index (χ3n) is 1.90. The van der Waals surface area contributed by atoms with Gasteiger partial charge in [0.2, 0.25) is 0 Å². The van der Waals surface area contributed by atoms with Crippen LogP contribution in [-0.2, 0) is 0 Å². The Morgan fingerprint density at radius 3 is 2.22 bits per heavy atom. The fraction of sp³-hybridized carbons (Fsp3) is 0.300. The Balaban J connectivity index is 2.66. The van der Waals surface area contributed by atoms with Crippen molar-refractivity contribution in [2.45, 2.75) is 19.4 Å². The molecule has 0 amide bonds. The number of hydrogen-bond donors (Lipinski definition) is 2. The lowest BCUT2D eigenvalue weighted by Gasteiger charge is -2.14. The molecule has 0 spiro atoms. The third-order valence-corrected chi connectivity index (χ3v) is 1.90. The minimum atomic E-state index is -4.73. The van der Waals surface area contributed by atoms with Gasteiger partial charge in [0.1, 0.15) is 11.5 Å². The zero-order valence-corrected chi connectivity index (χ0v) is 9.31. The highest BCUT2D eigenvalue weighted by Gasteiger charge is 2.30. The molecule has 18 heavy (non-hydrogen) atoms. The van der Waals surface area contributed by atoms with Gasteiger partial charge in [0, 0.05) is 0 Å². The minimum Gasteiger partial charge on any atom is -0.483 e. The van der Waals surface area contributed by atoms with Crippen molar-refractivity contribution in [2.75, 3.05) is 0 Å². The maximum absolute atomic E-state index is 11.9. The third kappa shape index (κ3) is 4.40. The van der Waals surface area contributed by atoms with Crippen molar-refractivity contribution in [3.8, 4) is 11.5 Å². The number of amidine groups is 1. The van der Waals surface area contributed by atoms with E-state index in [1.54, 1.807) is 0 Å². The molecule has 5 nitrogen and oxygen atoms in total. The predicted molar refractivity (Wildman–Crippen MR) is 56.6 cm³/mol. The molecule has 1 atom stereocenters. The summed E-state index contributed by atoms with van der Waals surface area (Å²) in [6, 6.07) is 4.76. The van der Waals surface area contributed by atoms with Crippen LogP contribution >= 0.6 is 0 Å². The van der Waals surface area contributed by atoms with Gasteiger partial charge < -0.3 is 20.4 Å². The Bertz CT molecular complexity index is 417. The van der Waals surface area contributed by atoms with E-state index in [4.69, 9.17) is 15.7 Å². The largest absolute Gasteiger partial charge is 0.573 e. The summed E-state index contributed by atoms with van der Waals surface area (Å²) in [7, 11) is 0. The highest BCUT2D eigenvalue weighted by Crippen LogP contribution is 2.25. The molecule has 0 saturated carbocycles. The van der Waals surface area contributed by atoms with Crippen LogP contribution in [0.15, 0.2) is 29.4 Å². The molecule has 1 unspecified atom stereocenters. The van der Waals surface area contributed by atoms with Crippen molar-refractivity contribution in [2.24, 2.45) is 10.9 Å². The lowest BCUT2D eigenvalue weighted by Crippen LogP contribution is -2.31. The molecule has 1 rings (SSSR count). The number of nitrogens with zero attached hydrogens (tertiary/aromatic N) is 1. The second-order valence-corrected chi connectivity index (χ2v) is 3.30. The number of alkyl halides is 3. The second-order valence-electron chi connectivity index (χ2n) is 3.30. The Morgan fingerprint density at radius 2 is 1.78 bits per heavy atom. The first-order valence-electron chi connectivity index (χ1n) is 4.81. The van der Waals surface area contributed by atoms with Gasteiger partial charge in [0.15, 0.2) is 11.9 Å². The quantitative estimate of drug-likeness (QED) is 0.378. The number of ether oxygens (including phenoxy) is 2. The molecule has 0 aliphatic rings. The molecule has 0 heterocycles. The molecule has 0 radical (unpaired) electrons. The van der Waals surface area contributed by atoms with E-state index < -0.39 is 12.5 Å². The number of halogens is 3. The summed E-state index contributed by atoms with van der Waals surface area (Å²) in [5.41, 5.74) is 5.28. The second kappa shape index (κ2) is 5.48. The lowest BCUT2D eigenvalue weighted by molar-refractivity contribution is -0.274. The molecule has 0 aliphatic carbocycles. The minimum absolute atomic E-state index is 0.148. The van der Waals surface area contributed by atoms with E-state index in [2.05, 4.69) is 9.89 Å². The van der Waals surface area contributed by atoms with Gasteiger partial charge in [-0.05, 0) is 31.2 Å². The first-order valence-corrected chi connectivity index (χ1v) is 4.81. The summed E-state index contributed by atoms with van der Waals surface area (Å²) >= 11 is 0. The summed E-state index contributed by atoms with van der Waals surface area (Å²) < 4.78 is 44.6. The normalized spacial score (nSPS) is 14.1. The van der Waals surface area contributed by atoms with Gasteiger partial charge in [0.05, 0.1) is 0 Å². The van der Waals surface area contributed by atoms with E-state index in [9.17, 15) is 13.2 Å². The summed E-state index contributed by atoms with van der Waals surface area (Å²) in [5, 5.41) is 11.1. The zero-order valence-electron chi connectivity index (χ0n) is 9.31. The number of rotatable bonds is 4. The summed E-state index contributed by atoms with van der Waals surface area (Å²) in [6.45, 7) is 1.52. The highest BCUT2D eigenvalue weighted by atomic mass is 19.4. The van der Waals surface area contributed by atoms with E-state index in [0.717, 1.165) is 12.1 Å². The van der Waals surface area contributed by atoms with E-state index >= 15 is 0 Å². The van der Waals surface area contributed by atoms with Crippen LogP contribution in [0.5, 0.6) is 11.5 Å². The molecule has 0 fully saturated rings. The standard InChI is InChI=1S/C10H11F3N2O3/c1-6(9(14)15-16)17-7-2-4-8(5-3-7)18-10(11,12)13/h2-6,16H,1H3,(H2,14,15). The van der Waals surface area contributed by atoms with Crippen LogP contribution in [-0.4, -0.2) is 23.5 Å². The topological polar surface area (TPSA) is 77.1 Å². The van der Waals surface area contributed by atoms with Crippen LogP contribution in [0.3, 0.4) is 0 Å². The van der Waals surface area contributed by atoms with Crippen molar-refractivity contribution in [3.63, 3.8) is 0 Å². The molecule has 0 saturated heterocycles. The number of oxime groups is 1. The first kappa shape index (κ1) is 13.9. The van der Waals surface area contributed by atoms with Gasteiger partial charge in [-0.15, -0.1) is 13.2 Å². The molecule has 1 aromatic rings. The van der Waals surface area contributed by atoms with Gasteiger partial charge in [0.25, 0.3) is 0 Å².